The predicted octanol–water partition coefficient (Wildman–Crippen LogP) is 1.39. The lowest BCUT2D eigenvalue weighted by atomic mass is 10.1. The molecule has 0 saturated carbocycles. The summed E-state index contributed by atoms with van der Waals surface area (Å²) < 4.78 is 10.6. The molecule has 100 valence electrons. The summed E-state index contributed by atoms with van der Waals surface area (Å²) in [5.41, 5.74) is -0.522. The van der Waals surface area contributed by atoms with Crippen molar-refractivity contribution in [3.63, 3.8) is 0 Å². The number of carbonyl (C=O) groups is 1. The molecule has 0 unspecified atom stereocenters. The Balaban J connectivity index is 2.70. The van der Waals surface area contributed by atoms with Crippen molar-refractivity contribution in [2.24, 2.45) is 0 Å². The van der Waals surface area contributed by atoms with Gasteiger partial charge in [0.15, 0.2) is 0 Å². The van der Waals surface area contributed by atoms with E-state index < -0.39 is 11.7 Å². The normalized spacial score (nSPS) is 27.1. The van der Waals surface area contributed by atoms with Crippen LogP contribution in [0.5, 0.6) is 0 Å². The standard InChI is InChI=1S/C12H23NO4/c1-8(14)10-6-9(16-5)7-13(10)11(15)17-12(2,3)4/h8-10,14H,6-7H2,1-5H3/t8-,9+,10-/m0/s1. The van der Waals surface area contributed by atoms with Gasteiger partial charge in [0.05, 0.1) is 24.8 Å². The highest BCUT2D eigenvalue weighted by Gasteiger charge is 2.39. The molecule has 17 heavy (non-hydrogen) atoms. The number of ether oxygens (including phenoxy) is 2. The minimum Gasteiger partial charge on any atom is -0.444 e. The molecule has 1 aliphatic heterocycles. The number of hydrogen-bond acceptors (Lipinski definition) is 4. The lowest BCUT2D eigenvalue weighted by molar-refractivity contribution is 0.00695. The zero-order valence-electron chi connectivity index (χ0n) is 11.3. The van der Waals surface area contributed by atoms with Crippen molar-refractivity contribution in [2.75, 3.05) is 13.7 Å². The van der Waals surface area contributed by atoms with E-state index in [1.54, 1.807) is 18.9 Å². The van der Waals surface area contributed by atoms with Gasteiger partial charge in [0.2, 0.25) is 0 Å². The SMILES string of the molecule is CO[C@@H]1C[C@@H]([C@H](C)O)N(C(=O)OC(C)(C)C)C1. The molecule has 1 heterocycles. The van der Waals surface area contributed by atoms with Crippen molar-refractivity contribution in [2.45, 2.75) is 58.0 Å². The van der Waals surface area contributed by atoms with Crippen LogP contribution in [-0.4, -0.2) is 53.6 Å². The highest BCUT2D eigenvalue weighted by molar-refractivity contribution is 5.69. The first-order valence-corrected chi connectivity index (χ1v) is 5.95. The second kappa shape index (κ2) is 5.23. The van der Waals surface area contributed by atoms with Gasteiger partial charge < -0.3 is 14.6 Å². The van der Waals surface area contributed by atoms with E-state index in [-0.39, 0.29) is 18.2 Å². The maximum absolute atomic E-state index is 12.0. The number of methoxy groups -OCH3 is 1. The molecule has 1 N–H and O–H groups in total. The van der Waals surface area contributed by atoms with Crippen molar-refractivity contribution in [3.05, 3.63) is 0 Å². The summed E-state index contributed by atoms with van der Waals surface area (Å²) in [6, 6.07) is -0.227. The van der Waals surface area contributed by atoms with E-state index in [9.17, 15) is 9.90 Å². The van der Waals surface area contributed by atoms with Crippen LogP contribution in [0, 0.1) is 0 Å². The summed E-state index contributed by atoms with van der Waals surface area (Å²) in [5, 5.41) is 9.68. The van der Waals surface area contributed by atoms with Crippen LogP contribution >= 0.6 is 0 Å². The molecule has 1 aliphatic rings. The van der Waals surface area contributed by atoms with E-state index in [1.165, 1.54) is 0 Å². The Labute approximate surface area is 103 Å². The number of rotatable bonds is 2. The summed E-state index contributed by atoms with van der Waals surface area (Å²) in [7, 11) is 1.61. The van der Waals surface area contributed by atoms with Gasteiger partial charge >= 0.3 is 6.09 Å². The van der Waals surface area contributed by atoms with E-state index >= 15 is 0 Å². The third kappa shape index (κ3) is 3.85. The van der Waals surface area contributed by atoms with Crippen LogP contribution in [-0.2, 0) is 9.47 Å². The Kier molecular flexibility index (Phi) is 4.38. The van der Waals surface area contributed by atoms with Crippen LogP contribution in [0.1, 0.15) is 34.1 Å². The minimum atomic E-state index is -0.581. The topological polar surface area (TPSA) is 59.0 Å². The second-order valence-corrected chi connectivity index (χ2v) is 5.53. The molecular weight excluding hydrogens is 222 g/mol. The van der Waals surface area contributed by atoms with Gasteiger partial charge in [0.25, 0.3) is 0 Å². The largest absolute Gasteiger partial charge is 0.444 e. The highest BCUT2D eigenvalue weighted by Crippen LogP contribution is 2.24. The molecule has 3 atom stereocenters. The minimum absolute atomic E-state index is 0.0258. The number of amides is 1. The molecule has 1 saturated heterocycles. The van der Waals surface area contributed by atoms with Crippen LogP contribution in [0.15, 0.2) is 0 Å². The molecule has 1 rings (SSSR count). The number of aliphatic hydroxyl groups excluding tert-OH is 1. The van der Waals surface area contributed by atoms with Crippen molar-refractivity contribution in [1.82, 2.24) is 4.90 Å². The van der Waals surface area contributed by atoms with Crippen LogP contribution in [0.4, 0.5) is 4.79 Å². The quantitative estimate of drug-likeness (QED) is 0.798. The van der Waals surface area contributed by atoms with Crippen molar-refractivity contribution >= 4 is 6.09 Å². The van der Waals surface area contributed by atoms with Crippen molar-refractivity contribution in [3.8, 4) is 0 Å². The monoisotopic (exact) mass is 245 g/mol. The third-order valence-electron chi connectivity index (χ3n) is 2.82. The van der Waals surface area contributed by atoms with Gasteiger partial charge in [0, 0.05) is 7.11 Å². The van der Waals surface area contributed by atoms with Gasteiger partial charge in [0.1, 0.15) is 5.60 Å². The van der Waals surface area contributed by atoms with E-state index in [1.807, 2.05) is 20.8 Å². The van der Waals surface area contributed by atoms with Gasteiger partial charge in [-0.1, -0.05) is 0 Å². The van der Waals surface area contributed by atoms with Gasteiger partial charge in [-0.05, 0) is 34.1 Å². The van der Waals surface area contributed by atoms with Crippen LogP contribution in [0.25, 0.3) is 0 Å². The van der Waals surface area contributed by atoms with Gasteiger partial charge in [-0.15, -0.1) is 0 Å². The molecule has 1 amide bonds. The van der Waals surface area contributed by atoms with Crippen LogP contribution in [0.2, 0.25) is 0 Å². The molecule has 0 aromatic heterocycles. The van der Waals surface area contributed by atoms with Gasteiger partial charge in [-0.3, -0.25) is 4.90 Å². The Bertz CT molecular complexity index is 272. The van der Waals surface area contributed by atoms with Crippen molar-refractivity contribution in [1.29, 1.82) is 0 Å². The van der Waals surface area contributed by atoms with Crippen LogP contribution < -0.4 is 0 Å². The van der Waals surface area contributed by atoms with Gasteiger partial charge in [-0.2, -0.15) is 0 Å². The fourth-order valence-corrected chi connectivity index (χ4v) is 1.98. The number of aliphatic hydroxyl groups is 1. The Hall–Kier alpha value is -0.810. The maximum Gasteiger partial charge on any atom is 0.410 e. The van der Waals surface area contributed by atoms with Gasteiger partial charge in [-0.25, -0.2) is 4.79 Å². The first-order valence-electron chi connectivity index (χ1n) is 5.95. The first-order chi connectivity index (χ1) is 7.74. The van der Waals surface area contributed by atoms with E-state index in [0.717, 1.165) is 0 Å². The zero-order chi connectivity index (χ0) is 13.2. The summed E-state index contributed by atoms with van der Waals surface area (Å²) in [5.74, 6) is 0. The smallest absolute Gasteiger partial charge is 0.410 e. The Morgan fingerprint density at radius 2 is 2.06 bits per heavy atom. The molecule has 0 spiro atoms. The molecule has 0 aliphatic carbocycles. The maximum atomic E-state index is 12.0. The summed E-state index contributed by atoms with van der Waals surface area (Å²) in [6.07, 6.45) is -0.347. The lowest BCUT2D eigenvalue weighted by Gasteiger charge is -2.29. The Morgan fingerprint density at radius 1 is 1.47 bits per heavy atom. The summed E-state index contributed by atoms with van der Waals surface area (Å²) in [4.78, 5) is 13.5. The predicted molar refractivity (Wildman–Crippen MR) is 63.8 cm³/mol. The fraction of sp³-hybridized carbons (Fsp3) is 0.917. The highest BCUT2D eigenvalue weighted by atomic mass is 16.6. The first kappa shape index (κ1) is 14.3. The van der Waals surface area contributed by atoms with E-state index in [0.29, 0.717) is 13.0 Å². The molecular formula is C12H23NO4. The summed E-state index contributed by atoms with van der Waals surface area (Å²) >= 11 is 0. The number of hydrogen-bond donors (Lipinski definition) is 1. The number of likely N-dealkylation sites (tertiary alicyclic amines) is 1. The Morgan fingerprint density at radius 3 is 2.47 bits per heavy atom. The third-order valence-corrected chi connectivity index (χ3v) is 2.82. The fourth-order valence-electron chi connectivity index (χ4n) is 1.98. The van der Waals surface area contributed by atoms with E-state index in [4.69, 9.17) is 9.47 Å². The molecule has 0 radical (unpaired) electrons. The zero-order valence-corrected chi connectivity index (χ0v) is 11.3. The summed E-state index contributed by atoms with van der Waals surface area (Å²) in [6.45, 7) is 7.63. The average Bonchev–Trinajstić information content (AvgIpc) is 2.58. The molecule has 0 aromatic rings. The molecule has 0 aromatic carbocycles. The van der Waals surface area contributed by atoms with Crippen molar-refractivity contribution < 1.29 is 19.4 Å². The number of carbonyl (C=O) groups excluding carboxylic acids is 1. The molecule has 1 fully saturated rings. The number of nitrogens with zero attached hydrogens (tertiary/aromatic N) is 1. The molecule has 5 heteroatoms. The molecule has 5 nitrogen and oxygen atoms in total. The average molecular weight is 245 g/mol. The van der Waals surface area contributed by atoms with Crippen LogP contribution in [0.3, 0.4) is 0 Å². The second-order valence-electron chi connectivity index (χ2n) is 5.53. The molecule has 0 bridgehead atoms. The lowest BCUT2D eigenvalue weighted by Crippen LogP contribution is -2.44. The van der Waals surface area contributed by atoms with E-state index in [2.05, 4.69) is 0 Å².